The number of nitrogens with zero attached hydrogens (tertiary/aromatic N) is 1. The van der Waals surface area contributed by atoms with Crippen LogP contribution in [0.5, 0.6) is 0 Å². The summed E-state index contributed by atoms with van der Waals surface area (Å²) in [6, 6.07) is 3.98. The summed E-state index contributed by atoms with van der Waals surface area (Å²) >= 11 is 5.93. The summed E-state index contributed by atoms with van der Waals surface area (Å²) in [5.41, 5.74) is 0.175. The Bertz CT molecular complexity index is 515. The van der Waals surface area contributed by atoms with Crippen molar-refractivity contribution in [3.63, 3.8) is 0 Å². The Kier molecular flexibility index (Phi) is 4.92. The summed E-state index contributed by atoms with van der Waals surface area (Å²) in [5, 5.41) is 13.6. The highest BCUT2D eigenvalue weighted by Crippen LogP contribution is 2.27. The van der Waals surface area contributed by atoms with Gasteiger partial charge in [0.2, 0.25) is 5.91 Å². The second kappa shape index (κ2) is 6.67. The second-order valence-electron chi connectivity index (χ2n) is 4.73. The maximum Gasteiger partial charge on any atom is 0.271 e. The molecule has 0 spiro atoms. The molecule has 7 heteroatoms. The Hall–Kier alpha value is -1.66. The van der Waals surface area contributed by atoms with E-state index in [9.17, 15) is 14.9 Å². The van der Waals surface area contributed by atoms with Gasteiger partial charge in [0.1, 0.15) is 0 Å². The van der Waals surface area contributed by atoms with E-state index in [1.165, 1.54) is 18.2 Å². The minimum atomic E-state index is -0.523. The van der Waals surface area contributed by atoms with Crippen LogP contribution in [0, 0.1) is 16.0 Å². The zero-order valence-corrected chi connectivity index (χ0v) is 11.6. The second-order valence-corrected chi connectivity index (χ2v) is 5.14. The van der Waals surface area contributed by atoms with E-state index in [2.05, 4.69) is 5.32 Å². The van der Waals surface area contributed by atoms with Gasteiger partial charge in [0, 0.05) is 31.8 Å². The van der Waals surface area contributed by atoms with E-state index < -0.39 is 4.92 Å². The third kappa shape index (κ3) is 3.91. The van der Waals surface area contributed by atoms with Crippen LogP contribution in [0.4, 0.5) is 11.4 Å². The van der Waals surface area contributed by atoms with Gasteiger partial charge in [-0.25, -0.2) is 0 Å². The standard InChI is InChI=1S/C13H15ClN2O4/c14-11-2-1-10(16(18)19)8-12(11)15-13(17)7-9-3-5-20-6-4-9/h1-2,8-9H,3-7H2,(H,15,17). The molecule has 2 rings (SSSR count). The van der Waals surface area contributed by atoms with Gasteiger partial charge in [0.15, 0.2) is 0 Å². The molecule has 0 saturated carbocycles. The predicted molar refractivity (Wildman–Crippen MR) is 74.9 cm³/mol. The molecule has 108 valence electrons. The summed E-state index contributed by atoms with van der Waals surface area (Å²) in [7, 11) is 0. The summed E-state index contributed by atoms with van der Waals surface area (Å²) < 4.78 is 5.23. The van der Waals surface area contributed by atoms with E-state index in [0.29, 0.717) is 25.6 Å². The quantitative estimate of drug-likeness (QED) is 0.684. The van der Waals surface area contributed by atoms with Crippen LogP contribution in [0.25, 0.3) is 0 Å². The molecule has 0 atom stereocenters. The largest absolute Gasteiger partial charge is 0.381 e. The van der Waals surface area contributed by atoms with Crippen LogP contribution in [0.3, 0.4) is 0 Å². The molecule has 1 fully saturated rings. The molecule has 1 aromatic rings. The van der Waals surface area contributed by atoms with Gasteiger partial charge >= 0.3 is 0 Å². The summed E-state index contributed by atoms with van der Waals surface area (Å²) in [4.78, 5) is 22.1. The van der Waals surface area contributed by atoms with Crippen molar-refractivity contribution in [2.75, 3.05) is 18.5 Å². The molecule has 0 radical (unpaired) electrons. The van der Waals surface area contributed by atoms with Crippen LogP contribution < -0.4 is 5.32 Å². The van der Waals surface area contributed by atoms with Crippen molar-refractivity contribution in [3.05, 3.63) is 33.3 Å². The number of benzene rings is 1. The lowest BCUT2D eigenvalue weighted by atomic mass is 9.96. The summed E-state index contributed by atoms with van der Waals surface area (Å²) in [6.07, 6.45) is 2.09. The van der Waals surface area contributed by atoms with Gasteiger partial charge in [-0.15, -0.1) is 0 Å². The average Bonchev–Trinajstić information content (AvgIpc) is 2.42. The number of ether oxygens (including phenoxy) is 1. The Labute approximate surface area is 121 Å². The number of amides is 1. The van der Waals surface area contributed by atoms with Crippen molar-refractivity contribution < 1.29 is 14.5 Å². The average molecular weight is 299 g/mol. The van der Waals surface area contributed by atoms with Gasteiger partial charge in [0.05, 0.1) is 15.6 Å². The SMILES string of the molecule is O=C(CC1CCOCC1)Nc1cc([N+](=O)[O-])ccc1Cl. The first-order valence-electron chi connectivity index (χ1n) is 6.38. The van der Waals surface area contributed by atoms with Gasteiger partial charge in [-0.3, -0.25) is 14.9 Å². The molecule has 1 aliphatic rings. The van der Waals surface area contributed by atoms with Crippen LogP contribution in [-0.4, -0.2) is 24.0 Å². The minimum Gasteiger partial charge on any atom is -0.381 e. The van der Waals surface area contributed by atoms with Crippen molar-refractivity contribution in [1.82, 2.24) is 0 Å². The van der Waals surface area contributed by atoms with Crippen molar-refractivity contribution in [3.8, 4) is 0 Å². The lowest BCUT2D eigenvalue weighted by molar-refractivity contribution is -0.384. The molecule has 0 aromatic heterocycles. The number of nitro groups is 1. The highest BCUT2D eigenvalue weighted by atomic mass is 35.5. The number of halogens is 1. The van der Waals surface area contributed by atoms with E-state index >= 15 is 0 Å². The van der Waals surface area contributed by atoms with Crippen LogP contribution in [0.1, 0.15) is 19.3 Å². The molecule has 0 bridgehead atoms. The smallest absolute Gasteiger partial charge is 0.271 e. The summed E-state index contributed by atoms with van der Waals surface area (Å²) in [6.45, 7) is 1.35. The van der Waals surface area contributed by atoms with Crippen LogP contribution >= 0.6 is 11.6 Å². The molecule has 1 N–H and O–H groups in total. The van der Waals surface area contributed by atoms with Crippen molar-refractivity contribution in [2.24, 2.45) is 5.92 Å². The number of carbonyl (C=O) groups is 1. The molecule has 0 aliphatic carbocycles. The van der Waals surface area contributed by atoms with Gasteiger partial charge in [0.25, 0.3) is 5.69 Å². The number of anilines is 1. The Morgan fingerprint density at radius 1 is 1.45 bits per heavy atom. The van der Waals surface area contributed by atoms with Crippen molar-refractivity contribution >= 4 is 28.9 Å². The number of nitrogens with one attached hydrogen (secondary N) is 1. The van der Waals surface area contributed by atoms with Gasteiger partial charge in [-0.2, -0.15) is 0 Å². The molecule has 0 unspecified atom stereocenters. The lowest BCUT2D eigenvalue weighted by Crippen LogP contribution is -2.22. The van der Waals surface area contributed by atoms with Gasteiger partial charge in [-0.1, -0.05) is 11.6 Å². The molecular weight excluding hydrogens is 284 g/mol. The number of carbonyl (C=O) groups excluding carboxylic acids is 1. The number of non-ortho nitro benzene ring substituents is 1. The number of nitro benzene ring substituents is 1. The molecule has 1 heterocycles. The summed E-state index contributed by atoms with van der Waals surface area (Å²) in [5.74, 6) is 0.112. The highest BCUT2D eigenvalue weighted by molar-refractivity contribution is 6.33. The zero-order valence-electron chi connectivity index (χ0n) is 10.8. The van der Waals surface area contributed by atoms with Crippen LogP contribution in [0.15, 0.2) is 18.2 Å². The van der Waals surface area contributed by atoms with E-state index in [1.54, 1.807) is 0 Å². The lowest BCUT2D eigenvalue weighted by Gasteiger charge is -2.21. The minimum absolute atomic E-state index is 0.101. The number of hydrogen-bond donors (Lipinski definition) is 1. The monoisotopic (exact) mass is 298 g/mol. The first-order valence-corrected chi connectivity index (χ1v) is 6.75. The van der Waals surface area contributed by atoms with Crippen molar-refractivity contribution in [2.45, 2.75) is 19.3 Å². The Morgan fingerprint density at radius 2 is 2.15 bits per heavy atom. The molecule has 1 aromatic carbocycles. The maximum atomic E-state index is 11.9. The Morgan fingerprint density at radius 3 is 2.80 bits per heavy atom. The highest BCUT2D eigenvalue weighted by Gasteiger charge is 2.18. The third-order valence-electron chi connectivity index (χ3n) is 3.25. The normalized spacial score (nSPS) is 15.8. The number of rotatable bonds is 4. The van der Waals surface area contributed by atoms with Gasteiger partial charge < -0.3 is 10.1 Å². The Balaban J connectivity index is 1.99. The number of hydrogen-bond acceptors (Lipinski definition) is 4. The molecule has 1 amide bonds. The van der Waals surface area contributed by atoms with E-state index in [0.717, 1.165) is 12.8 Å². The fourth-order valence-corrected chi connectivity index (χ4v) is 2.30. The molecular formula is C13H15ClN2O4. The topological polar surface area (TPSA) is 81.5 Å². The van der Waals surface area contributed by atoms with E-state index in [1.807, 2.05) is 0 Å². The zero-order chi connectivity index (χ0) is 14.5. The molecule has 6 nitrogen and oxygen atoms in total. The molecule has 1 saturated heterocycles. The van der Waals surface area contributed by atoms with Crippen molar-refractivity contribution in [1.29, 1.82) is 0 Å². The van der Waals surface area contributed by atoms with E-state index in [4.69, 9.17) is 16.3 Å². The maximum absolute atomic E-state index is 11.9. The van der Waals surface area contributed by atoms with Crippen LogP contribution in [-0.2, 0) is 9.53 Å². The molecule has 20 heavy (non-hydrogen) atoms. The first-order chi connectivity index (χ1) is 9.56. The first kappa shape index (κ1) is 14.7. The fourth-order valence-electron chi connectivity index (χ4n) is 2.14. The third-order valence-corrected chi connectivity index (χ3v) is 3.58. The predicted octanol–water partition coefficient (Wildman–Crippen LogP) is 3.00. The van der Waals surface area contributed by atoms with Gasteiger partial charge in [-0.05, 0) is 24.8 Å². The molecule has 1 aliphatic heterocycles. The van der Waals surface area contributed by atoms with Crippen LogP contribution in [0.2, 0.25) is 5.02 Å². The fraction of sp³-hybridized carbons (Fsp3) is 0.462. The van der Waals surface area contributed by atoms with E-state index in [-0.39, 0.29) is 22.3 Å².